The van der Waals surface area contributed by atoms with Crippen LogP contribution in [0.4, 0.5) is 0 Å². The maximum absolute atomic E-state index is 9.28. The van der Waals surface area contributed by atoms with Crippen molar-refractivity contribution in [3.63, 3.8) is 0 Å². The van der Waals surface area contributed by atoms with Crippen LogP contribution in [-0.2, 0) is 0 Å². The highest BCUT2D eigenvalue weighted by Crippen LogP contribution is 2.45. The van der Waals surface area contributed by atoms with Gasteiger partial charge in [-0.3, -0.25) is 4.90 Å². The summed E-state index contributed by atoms with van der Waals surface area (Å²) in [6.07, 6.45) is 10.7. The molecule has 0 spiro atoms. The van der Waals surface area contributed by atoms with E-state index in [0.717, 1.165) is 11.6 Å². The van der Waals surface area contributed by atoms with E-state index in [1.54, 1.807) is 0 Å². The number of oxime groups is 1. The first-order chi connectivity index (χ1) is 8.40. The summed E-state index contributed by atoms with van der Waals surface area (Å²) in [5.41, 5.74) is 1.11. The Labute approximate surface area is 104 Å². The Morgan fingerprint density at radius 3 is 2.41 bits per heavy atom. The van der Waals surface area contributed by atoms with Gasteiger partial charge in [-0.1, -0.05) is 24.4 Å². The summed E-state index contributed by atoms with van der Waals surface area (Å²) in [6, 6.07) is 0.483. The fourth-order valence-corrected chi connectivity index (χ4v) is 4.23. The zero-order valence-electron chi connectivity index (χ0n) is 10.6. The van der Waals surface area contributed by atoms with Gasteiger partial charge in [-0.2, -0.15) is 0 Å². The molecule has 0 aromatic carbocycles. The van der Waals surface area contributed by atoms with Gasteiger partial charge in [-0.25, -0.2) is 0 Å². The van der Waals surface area contributed by atoms with Crippen LogP contribution in [-0.4, -0.2) is 35.0 Å². The van der Waals surface area contributed by atoms with E-state index in [1.165, 1.54) is 64.5 Å². The van der Waals surface area contributed by atoms with Crippen LogP contribution in [0.25, 0.3) is 0 Å². The van der Waals surface area contributed by atoms with Crippen molar-refractivity contribution in [1.29, 1.82) is 0 Å². The number of likely N-dealkylation sites (tertiary alicyclic amines) is 1. The van der Waals surface area contributed by atoms with Crippen LogP contribution < -0.4 is 0 Å². The molecular formula is C14H24N2O. The zero-order valence-corrected chi connectivity index (χ0v) is 10.6. The highest BCUT2D eigenvalue weighted by atomic mass is 16.4. The minimum atomic E-state index is 0.483. The molecule has 3 nitrogen and oxygen atoms in total. The minimum Gasteiger partial charge on any atom is -0.411 e. The van der Waals surface area contributed by atoms with Gasteiger partial charge in [0.1, 0.15) is 0 Å². The molecule has 0 aromatic heterocycles. The largest absolute Gasteiger partial charge is 0.411 e. The SMILES string of the molecule is ON=C1C2CCC(C2)C1N1CCCCCCC1. The first kappa shape index (κ1) is 11.5. The summed E-state index contributed by atoms with van der Waals surface area (Å²) in [5.74, 6) is 1.38. The first-order valence-corrected chi connectivity index (χ1v) is 7.36. The molecule has 1 heterocycles. The highest BCUT2D eigenvalue weighted by molar-refractivity contribution is 5.94. The van der Waals surface area contributed by atoms with E-state index in [-0.39, 0.29) is 0 Å². The highest BCUT2D eigenvalue weighted by Gasteiger charge is 2.47. The smallest absolute Gasteiger partial charge is 0.0775 e. The molecule has 3 aliphatic rings. The van der Waals surface area contributed by atoms with Crippen LogP contribution in [0, 0.1) is 11.8 Å². The molecule has 3 fully saturated rings. The summed E-state index contributed by atoms with van der Waals surface area (Å²) in [5, 5.41) is 12.9. The monoisotopic (exact) mass is 236 g/mol. The number of hydrogen-bond donors (Lipinski definition) is 1. The third kappa shape index (κ3) is 2.10. The fourth-order valence-electron chi connectivity index (χ4n) is 4.23. The second-order valence-corrected chi connectivity index (χ2v) is 6.04. The summed E-state index contributed by atoms with van der Waals surface area (Å²) < 4.78 is 0. The molecule has 3 heteroatoms. The van der Waals surface area contributed by atoms with Crippen molar-refractivity contribution in [3.8, 4) is 0 Å². The molecule has 1 aliphatic heterocycles. The summed E-state index contributed by atoms with van der Waals surface area (Å²) in [4.78, 5) is 2.62. The van der Waals surface area contributed by atoms with Gasteiger partial charge in [-0.05, 0) is 51.1 Å². The second-order valence-electron chi connectivity index (χ2n) is 6.04. The first-order valence-electron chi connectivity index (χ1n) is 7.36. The predicted molar refractivity (Wildman–Crippen MR) is 68.5 cm³/mol. The lowest BCUT2D eigenvalue weighted by Gasteiger charge is -2.35. The molecule has 2 aliphatic carbocycles. The van der Waals surface area contributed by atoms with Gasteiger partial charge in [0.15, 0.2) is 0 Å². The Morgan fingerprint density at radius 1 is 1.00 bits per heavy atom. The Hall–Kier alpha value is -0.570. The maximum Gasteiger partial charge on any atom is 0.0775 e. The Balaban J connectivity index is 1.73. The van der Waals surface area contributed by atoms with Gasteiger partial charge in [0, 0.05) is 5.92 Å². The number of rotatable bonds is 1. The molecular weight excluding hydrogens is 212 g/mol. The third-order valence-corrected chi connectivity index (χ3v) is 5.04. The summed E-state index contributed by atoms with van der Waals surface area (Å²) >= 11 is 0. The standard InChI is InChI=1S/C14H24N2O/c17-15-13-11-6-7-12(10-11)14(13)16-8-4-2-1-3-5-9-16/h11-12,14,17H,1-10H2. The second kappa shape index (κ2) is 4.97. The maximum atomic E-state index is 9.28. The van der Waals surface area contributed by atoms with Crippen LogP contribution in [0.1, 0.15) is 51.4 Å². The van der Waals surface area contributed by atoms with E-state index in [1.807, 2.05) is 0 Å². The topological polar surface area (TPSA) is 35.8 Å². The lowest BCUT2D eigenvalue weighted by atomic mass is 9.91. The lowest BCUT2D eigenvalue weighted by Crippen LogP contribution is -2.46. The van der Waals surface area contributed by atoms with Crippen LogP contribution in [0.15, 0.2) is 5.16 Å². The van der Waals surface area contributed by atoms with Crippen molar-refractivity contribution in [1.82, 2.24) is 4.90 Å². The summed E-state index contributed by atoms with van der Waals surface area (Å²) in [7, 11) is 0. The Bertz CT molecular complexity index is 295. The quantitative estimate of drug-likeness (QED) is 0.561. The van der Waals surface area contributed by atoms with Gasteiger partial charge in [0.25, 0.3) is 0 Å². The number of hydrogen-bond acceptors (Lipinski definition) is 3. The molecule has 96 valence electrons. The average Bonchev–Trinajstić information content (AvgIpc) is 2.88. The van der Waals surface area contributed by atoms with Crippen LogP contribution >= 0.6 is 0 Å². The molecule has 2 bridgehead atoms. The molecule has 3 atom stereocenters. The Kier molecular flexibility index (Phi) is 3.37. The number of fused-ring (bicyclic) bond motifs is 2. The molecule has 0 aromatic rings. The van der Waals surface area contributed by atoms with Crippen molar-refractivity contribution in [3.05, 3.63) is 0 Å². The molecule has 1 saturated heterocycles. The zero-order chi connectivity index (χ0) is 11.7. The van der Waals surface area contributed by atoms with E-state index >= 15 is 0 Å². The third-order valence-electron chi connectivity index (χ3n) is 5.04. The fraction of sp³-hybridized carbons (Fsp3) is 0.929. The van der Waals surface area contributed by atoms with Crippen molar-refractivity contribution in [2.45, 2.75) is 57.4 Å². The van der Waals surface area contributed by atoms with Crippen molar-refractivity contribution < 1.29 is 5.21 Å². The lowest BCUT2D eigenvalue weighted by molar-refractivity contribution is 0.176. The number of nitrogens with zero attached hydrogens (tertiary/aromatic N) is 2. The minimum absolute atomic E-state index is 0.483. The normalized spacial score (nSPS) is 41.6. The summed E-state index contributed by atoms with van der Waals surface area (Å²) in [6.45, 7) is 2.43. The van der Waals surface area contributed by atoms with Gasteiger partial charge < -0.3 is 5.21 Å². The van der Waals surface area contributed by atoms with Gasteiger partial charge in [0.05, 0.1) is 11.8 Å². The van der Waals surface area contributed by atoms with Gasteiger partial charge >= 0.3 is 0 Å². The van der Waals surface area contributed by atoms with Crippen LogP contribution in [0.2, 0.25) is 0 Å². The van der Waals surface area contributed by atoms with E-state index in [4.69, 9.17) is 0 Å². The van der Waals surface area contributed by atoms with Gasteiger partial charge in [-0.15, -0.1) is 0 Å². The predicted octanol–water partition coefficient (Wildman–Crippen LogP) is 2.88. The van der Waals surface area contributed by atoms with Crippen LogP contribution in [0.5, 0.6) is 0 Å². The van der Waals surface area contributed by atoms with Gasteiger partial charge in [0.2, 0.25) is 0 Å². The van der Waals surface area contributed by atoms with Crippen molar-refractivity contribution in [2.75, 3.05) is 13.1 Å². The van der Waals surface area contributed by atoms with Crippen molar-refractivity contribution >= 4 is 5.71 Å². The molecule has 2 saturated carbocycles. The molecule has 3 unspecified atom stereocenters. The molecule has 17 heavy (non-hydrogen) atoms. The molecule has 0 amide bonds. The average molecular weight is 236 g/mol. The van der Waals surface area contributed by atoms with E-state index < -0.39 is 0 Å². The molecule has 3 rings (SSSR count). The van der Waals surface area contributed by atoms with Crippen LogP contribution in [0.3, 0.4) is 0 Å². The molecule has 1 N–H and O–H groups in total. The molecule has 0 radical (unpaired) electrons. The van der Waals surface area contributed by atoms with Crippen molar-refractivity contribution in [2.24, 2.45) is 17.0 Å². The Morgan fingerprint density at radius 2 is 1.71 bits per heavy atom. The van der Waals surface area contributed by atoms with E-state index in [9.17, 15) is 5.21 Å². The van der Waals surface area contributed by atoms with E-state index in [0.29, 0.717) is 12.0 Å². The van der Waals surface area contributed by atoms with E-state index in [2.05, 4.69) is 10.1 Å².